The summed E-state index contributed by atoms with van der Waals surface area (Å²) in [5.41, 5.74) is 0.0308. The maximum atomic E-state index is 13.0. The van der Waals surface area contributed by atoms with Crippen molar-refractivity contribution in [3.05, 3.63) is 59.9 Å². The number of benzene rings is 1. The van der Waals surface area contributed by atoms with Gasteiger partial charge in [0.2, 0.25) is 5.95 Å². The van der Waals surface area contributed by atoms with E-state index in [0.29, 0.717) is 5.75 Å². The van der Waals surface area contributed by atoms with Crippen LogP contribution in [0.4, 0.5) is 8.78 Å². The monoisotopic (exact) mass is 292 g/mol. The van der Waals surface area contributed by atoms with Crippen LogP contribution < -0.4 is 4.74 Å². The van der Waals surface area contributed by atoms with E-state index < -0.39 is 11.9 Å². The lowest BCUT2D eigenvalue weighted by Crippen LogP contribution is -2.31. The van der Waals surface area contributed by atoms with E-state index >= 15 is 0 Å². The summed E-state index contributed by atoms with van der Waals surface area (Å²) < 4.78 is 31.3. The predicted octanol–water partition coefficient (Wildman–Crippen LogP) is 2.51. The fourth-order valence-corrected chi connectivity index (χ4v) is 1.68. The largest absolute Gasteiger partial charge is 0.492 e. The first-order valence-corrected chi connectivity index (χ1v) is 6.32. The maximum absolute atomic E-state index is 13.0. The van der Waals surface area contributed by atoms with Crippen molar-refractivity contribution < 1.29 is 18.3 Å². The Hall–Kier alpha value is -2.50. The van der Waals surface area contributed by atoms with E-state index in [0.717, 1.165) is 0 Å². The van der Waals surface area contributed by atoms with Gasteiger partial charge in [-0.05, 0) is 24.3 Å². The standard InChI is InChI=1S/C15H14F2N2O2/c1-19(15(20)13-6-3-7-14(17)18-13)8-9-21-12-5-2-4-11(16)10-12/h2-7,10H,8-9H2,1H3. The van der Waals surface area contributed by atoms with Gasteiger partial charge in [-0.25, -0.2) is 9.37 Å². The number of ether oxygens (including phenoxy) is 1. The highest BCUT2D eigenvalue weighted by molar-refractivity contribution is 5.92. The number of carbonyl (C=O) groups is 1. The average Bonchev–Trinajstić information content (AvgIpc) is 2.46. The zero-order chi connectivity index (χ0) is 15.2. The van der Waals surface area contributed by atoms with Crippen molar-refractivity contribution in [2.75, 3.05) is 20.2 Å². The zero-order valence-electron chi connectivity index (χ0n) is 11.4. The third kappa shape index (κ3) is 4.24. The Morgan fingerprint density at radius 1 is 1.24 bits per heavy atom. The molecule has 6 heteroatoms. The summed E-state index contributed by atoms with van der Waals surface area (Å²) in [4.78, 5) is 16.9. The third-order valence-corrected chi connectivity index (χ3v) is 2.77. The van der Waals surface area contributed by atoms with E-state index in [-0.39, 0.29) is 24.7 Å². The average molecular weight is 292 g/mol. The molecule has 0 aliphatic carbocycles. The molecule has 0 atom stereocenters. The summed E-state index contributed by atoms with van der Waals surface area (Å²) in [5.74, 6) is -1.11. The normalized spacial score (nSPS) is 10.2. The number of hydrogen-bond donors (Lipinski definition) is 0. The van der Waals surface area contributed by atoms with Crippen LogP contribution in [0, 0.1) is 11.8 Å². The molecule has 1 aromatic heterocycles. The number of rotatable bonds is 5. The van der Waals surface area contributed by atoms with E-state index in [4.69, 9.17) is 4.74 Å². The first-order chi connectivity index (χ1) is 10.1. The minimum Gasteiger partial charge on any atom is -0.492 e. The second-order valence-electron chi connectivity index (χ2n) is 4.38. The highest BCUT2D eigenvalue weighted by Gasteiger charge is 2.13. The van der Waals surface area contributed by atoms with Gasteiger partial charge in [-0.3, -0.25) is 4.79 Å². The fourth-order valence-electron chi connectivity index (χ4n) is 1.68. The molecule has 4 nitrogen and oxygen atoms in total. The minimum absolute atomic E-state index is 0.0308. The van der Waals surface area contributed by atoms with Gasteiger partial charge in [0.05, 0.1) is 6.54 Å². The van der Waals surface area contributed by atoms with Crippen LogP contribution >= 0.6 is 0 Å². The molecule has 0 spiro atoms. The van der Waals surface area contributed by atoms with Crippen LogP contribution in [0.25, 0.3) is 0 Å². The van der Waals surface area contributed by atoms with E-state index in [1.54, 1.807) is 13.1 Å². The Morgan fingerprint density at radius 3 is 2.71 bits per heavy atom. The Bertz CT molecular complexity index is 635. The van der Waals surface area contributed by atoms with Crippen LogP contribution in [-0.2, 0) is 0 Å². The van der Waals surface area contributed by atoms with Crippen molar-refractivity contribution in [1.82, 2.24) is 9.88 Å². The highest BCUT2D eigenvalue weighted by Crippen LogP contribution is 2.11. The molecule has 0 fully saturated rings. The van der Waals surface area contributed by atoms with Crippen molar-refractivity contribution in [3.63, 3.8) is 0 Å². The molecular formula is C15H14F2N2O2. The lowest BCUT2D eigenvalue weighted by atomic mass is 10.3. The van der Waals surface area contributed by atoms with Crippen LogP contribution in [0.5, 0.6) is 5.75 Å². The molecule has 0 unspecified atom stereocenters. The summed E-state index contributed by atoms with van der Waals surface area (Å²) >= 11 is 0. The first-order valence-electron chi connectivity index (χ1n) is 6.32. The number of amides is 1. The van der Waals surface area contributed by atoms with E-state index in [1.807, 2.05) is 0 Å². The van der Waals surface area contributed by atoms with Crippen molar-refractivity contribution in [1.29, 1.82) is 0 Å². The molecule has 1 aromatic carbocycles. The number of aromatic nitrogens is 1. The van der Waals surface area contributed by atoms with Gasteiger partial charge in [-0.1, -0.05) is 12.1 Å². The molecule has 0 aliphatic heterocycles. The molecule has 1 amide bonds. The fraction of sp³-hybridized carbons (Fsp3) is 0.200. The molecule has 21 heavy (non-hydrogen) atoms. The van der Waals surface area contributed by atoms with Crippen LogP contribution in [0.2, 0.25) is 0 Å². The number of likely N-dealkylation sites (N-methyl/N-ethyl adjacent to an activating group) is 1. The topological polar surface area (TPSA) is 42.4 Å². The molecule has 0 aliphatic rings. The Labute approximate surface area is 121 Å². The zero-order valence-corrected chi connectivity index (χ0v) is 11.4. The van der Waals surface area contributed by atoms with E-state index in [1.165, 1.54) is 41.3 Å². The number of pyridine rings is 1. The lowest BCUT2D eigenvalue weighted by Gasteiger charge is -2.17. The SMILES string of the molecule is CN(CCOc1cccc(F)c1)C(=O)c1cccc(F)n1. The Kier molecular flexibility index (Phi) is 4.81. The summed E-state index contributed by atoms with van der Waals surface area (Å²) in [6.07, 6.45) is 0. The predicted molar refractivity (Wildman–Crippen MR) is 73.1 cm³/mol. The molecule has 1 heterocycles. The van der Waals surface area contributed by atoms with Crippen molar-refractivity contribution in [2.45, 2.75) is 0 Å². The van der Waals surface area contributed by atoms with E-state index in [9.17, 15) is 13.6 Å². The van der Waals surface area contributed by atoms with Gasteiger partial charge in [-0.2, -0.15) is 4.39 Å². The molecular weight excluding hydrogens is 278 g/mol. The van der Waals surface area contributed by atoms with Crippen molar-refractivity contribution >= 4 is 5.91 Å². The van der Waals surface area contributed by atoms with Gasteiger partial charge in [0.25, 0.3) is 5.91 Å². The van der Waals surface area contributed by atoms with Crippen LogP contribution in [0.15, 0.2) is 42.5 Å². The highest BCUT2D eigenvalue weighted by atomic mass is 19.1. The van der Waals surface area contributed by atoms with Gasteiger partial charge in [0, 0.05) is 13.1 Å². The second-order valence-corrected chi connectivity index (χ2v) is 4.38. The number of hydrogen-bond acceptors (Lipinski definition) is 3. The van der Waals surface area contributed by atoms with Crippen molar-refractivity contribution in [2.24, 2.45) is 0 Å². The van der Waals surface area contributed by atoms with Gasteiger partial charge < -0.3 is 9.64 Å². The molecule has 0 saturated heterocycles. The van der Waals surface area contributed by atoms with Gasteiger partial charge in [0.15, 0.2) is 0 Å². The summed E-state index contributed by atoms with van der Waals surface area (Å²) in [6.45, 7) is 0.467. The van der Waals surface area contributed by atoms with Crippen LogP contribution in [0.1, 0.15) is 10.5 Å². The molecule has 0 radical (unpaired) electrons. The number of carbonyl (C=O) groups excluding carboxylic acids is 1. The summed E-state index contributed by atoms with van der Waals surface area (Å²) in [7, 11) is 1.56. The second kappa shape index (κ2) is 6.78. The van der Waals surface area contributed by atoms with Crippen LogP contribution in [0.3, 0.4) is 0 Å². The van der Waals surface area contributed by atoms with Crippen LogP contribution in [-0.4, -0.2) is 36.0 Å². The molecule has 2 rings (SSSR count). The third-order valence-electron chi connectivity index (χ3n) is 2.77. The summed E-state index contributed by atoms with van der Waals surface area (Å²) in [5, 5.41) is 0. The smallest absolute Gasteiger partial charge is 0.272 e. The summed E-state index contributed by atoms with van der Waals surface area (Å²) in [6, 6.07) is 9.77. The molecule has 110 valence electrons. The van der Waals surface area contributed by atoms with Crippen molar-refractivity contribution in [3.8, 4) is 5.75 Å². The minimum atomic E-state index is -0.703. The number of halogens is 2. The van der Waals surface area contributed by atoms with Gasteiger partial charge in [-0.15, -0.1) is 0 Å². The molecule has 0 saturated carbocycles. The Morgan fingerprint density at radius 2 is 2.00 bits per heavy atom. The molecule has 0 bridgehead atoms. The lowest BCUT2D eigenvalue weighted by molar-refractivity contribution is 0.0766. The van der Waals surface area contributed by atoms with E-state index in [2.05, 4.69) is 4.98 Å². The first kappa shape index (κ1) is 14.9. The number of nitrogens with zero attached hydrogens (tertiary/aromatic N) is 2. The molecule has 0 N–H and O–H groups in total. The molecule has 2 aromatic rings. The Balaban J connectivity index is 1.87. The van der Waals surface area contributed by atoms with Gasteiger partial charge >= 0.3 is 0 Å². The van der Waals surface area contributed by atoms with Gasteiger partial charge in [0.1, 0.15) is 23.9 Å². The maximum Gasteiger partial charge on any atom is 0.272 e. The quantitative estimate of drug-likeness (QED) is 0.795.